The number of aliphatic carboxylic acids is 1. The first-order valence-electron chi connectivity index (χ1n) is 5.73. The van der Waals surface area contributed by atoms with Crippen LogP contribution < -0.4 is 5.73 Å². The van der Waals surface area contributed by atoms with Gasteiger partial charge < -0.3 is 15.8 Å². The normalized spacial score (nSPS) is 16.8. The molecule has 1 aliphatic rings. The number of nitrogens with zero attached hydrogens (tertiary/aromatic N) is 1. The number of imidazole rings is 1. The molecule has 1 heterocycles. The van der Waals surface area contributed by atoms with Gasteiger partial charge in [-0.05, 0) is 38.6 Å². The molecule has 1 aromatic rings. The van der Waals surface area contributed by atoms with Crippen molar-refractivity contribution < 1.29 is 9.90 Å². The highest BCUT2D eigenvalue weighted by Gasteiger charge is 2.24. The van der Waals surface area contributed by atoms with Crippen LogP contribution in [0.2, 0.25) is 0 Å². The van der Waals surface area contributed by atoms with Crippen LogP contribution in [0.25, 0.3) is 0 Å². The van der Waals surface area contributed by atoms with Crippen LogP contribution in [-0.2, 0) is 17.6 Å². The Balaban J connectivity index is 2.24. The van der Waals surface area contributed by atoms with E-state index in [1.165, 1.54) is 0 Å². The number of hydrogen-bond donors (Lipinski definition) is 3. The van der Waals surface area contributed by atoms with Crippen molar-refractivity contribution in [1.82, 2.24) is 9.97 Å². The molecular formula is C11H17N3O2. The van der Waals surface area contributed by atoms with Gasteiger partial charge in [0.2, 0.25) is 0 Å². The first kappa shape index (κ1) is 11.1. The average molecular weight is 223 g/mol. The van der Waals surface area contributed by atoms with Crippen LogP contribution in [0.4, 0.5) is 0 Å². The second-order valence-electron chi connectivity index (χ2n) is 4.22. The molecule has 0 fully saturated rings. The van der Waals surface area contributed by atoms with Crippen molar-refractivity contribution in [2.24, 2.45) is 5.73 Å². The Labute approximate surface area is 94.1 Å². The monoisotopic (exact) mass is 223 g/mol. The molecule has 16 heavy (non-hydrogen) atoms. The minimum Gasteiger partial charge on any atom is -0.481 e. The van der Waals surface area contributed by atoms with E-state index in [-0.39, 0.29) is 0 Å². The quantitative estimate of drug-likeness (QED) is 0.704. The third-order valence-corrected chi connectivity index (χ3v) is 3.06. The van der Waals surface area contributed by atoms with E-state index in [4.69, 9.17) is 10.8 Å². The summed E-state index contributed by atoms with van der Waals surface area (Å²) in [5.74, 6) is -0.864. The second kappa shape index (κ2) is 4.65. The van der Waals surface area contributed by atoms with Crippen LogP contribution in [0.5, 0.6) is 0 Å². The van der Waals surface area contributed by atoms with E-state index in [1.807, 2.05) is 0 Å². The Morgan fingerprint density at radius 3 is 2.88 bits per heavy atom. The molecule has 1 unspecified atom stereocenters. The third-order valence-electron chi connectivity index (χ3n) is 3.06. The zero-order chi connectivity index (χ0) is 11.5. The standard InChI is InChI=1S/C11H17N3O2/c12-6-5-7(11(15)16)10-13-8-3-1-2-4-9(8)14-10/h7H,1-6,12H2,(H,13,14)(H,15,16). The van der Waals surface area contributed by atoms with Gasteiger partial charge in [-0.3, -0.25) is 4.79 Å². The number of carboxylic acid groups (broad SMARTS) is 1. The molecule has 0 aliphatic heterocycles. The number of carboxylic acids is 1. The highest BCUT2D eigenvalue weighted by molar-refractivity contribution is 5.74. The molecular weight excluding hydrogens is 206 g/mol. The van der Waals surface area contributed by atoms with Crippen molar-refractivity contribution in [2.45, 2.75) is 38.0 Å². The molecule has 0 radical (unpaired) electrons. The first-order valence-corrected chi connectivity index (χ1v) is 5.73. The van der Waals surface area contributed by atoms with Crippen molar-refractivity contribution in [1.29, 1.82) is 0 Å². The molecule has 5 heteroatoms. The maximum absolute atomic E-state index is 11.1. The zero-order valence-corrected chi connectivity index (χ0v) is 9.20. The summed E-state index contributed by atoms with van der Waals surface area (Å²) in [6.07, 6.45) is 4.68. The average Bonchev–Trinajstić information content (AvgIpc) is 2.68. The van der Waals surface area contributed by atoms with Gasteiger partial charge in [0.15, 0.2) is 0 Å². The third kappa shape index (κ3) is 2.09. The number of aryl methyl sites for hydroxylation is 2. The summed E-state index contributed by atoms with van der Waals surface area (Å²) in [6.45, 7) is 0.363. The summed E-state index contributed by atoms with van der Waals surface area (Å²) in [5, 5.41) is 9.10. The first-order chi connectivity index (χ1) is 7.72. The number of hydrogen-bond acceptors (Lipinski definition) is 3. The van der Waals surface area contributed by atoms with Crippen molar-refractivity contribution in [3.8, 4) is 0 Å². The molecule has 0 saturated heterocycles. The van der Waals surface area contributed by atoms with E-state index in [2.05, 4.69) is 9.97 Å². The molecule has 1 atom stereocenters. The fourth-order valence-electron chi connectivity index (χ4n) is 2.18. The van der Waals surface area contributed by atoms with Gasteiger partial charge in [0.25, 0.3) is 0 Å². The summed E-state index contributed by atoms with van der Waals surface area (Å²) in [6, 6.07) is 0. The van der Waals surface area contributed by atoms with E-state index in [9.17, 15) is 4.79 Å². The van der Waals surface area contributed by atoms with Gasteiger partial charge in [-0.2, -0.15) is 0 Å². The summed E-state index contributed by atoms with van der Waals surface area (Å²) in [5.41, 5.74) is 7.58. The molecule has 1 aromatic heterocycles. The summed E-state index contributed by atoms with van der Waals surface area (Å²) in [4.78, 5) is 18.6. The van der Waals surface area contributed by atoms with Gasteiger partial charge in [-0.25, -0.2) is 4.98 Å². The summed E-state index contributed by atoms with van der Waals surface area (Å²) in [7, 11) is 0. The SMILES string of the molecule is NCCC(C(=O)O)c1nc2c([nH]1)CCCC2. The zero-order valence-electron chi connectivity index (χ0n) is 9.20. The molecule has 0 spiro atoms. The number of rotatable bonds is 4. The van der Waals surface area contributed by atoms with Gasteiger partial charge in [-0.15, -0.1) is 0 Å². The number of nitrogens with two attached hydrogens (primary N) is 1. The maximum Gasteiger partial charge on any atom is 0.314 e. The molecule has 5 nitrogen and oxygen atoms in total. The minimum absolute atomic E-state index is 0.363. The molecule has 0 amide bonds. The molecule has 0 saturated carbocycles. The molecule has 88 valence electrons. The minimum atomic E-state index is -0.850. The lowest BCUT2D eigenvalue weighted by atomic mass is 10.0. The van der Waals surface area contributed by atoms with Gasteiger partial charge in [0.1, 0.15) is 11.7 Å². The highest BCUT2D eigenvalue weighted by Crippen LogP contribution is 2.23. The number of fused-ring (bicyclic) bond motifs is 1. The van der Waals surface area contributed by atoms with Crippen molar-refractivity contribution >= 4 is 5.97 Å². The van der Waals surface area contributed by atoms with E-state index in [0.29, 0.717) is 18.8 Å². The van der Waals surface area contributed by atoms with Crippen LogP contribution in [0.3, 0.4) is 0 Å². The molecule has 1 aliphatic carbocycles. The Kier molecular flexibility index (Phi) is 3.24. The van der Waals surface area contributed by atoms with Gasteiger partial charge >= 0.3 is 5.97 Å². The highest BCUT2D eigenvalue weighted by atomic mass is 16.4. The Hall–Kier alpha value is -1.36. The molecule has 2 rings (SSSR count). The smallest absolute Gasteiger partial charge is 0.314 e. The number of nitrogens with one attached hydrogen (secondary N) is 1. The summed E-state index contributed by atoms with van der Waals surface area (Å²) >= 11 is 0. The predicted molar refractivity (Wildman–Crippen MR) is 59.3 cm³/mol. The topological polar surface area (TPSA) is 92.0 Å². The Morgan fingerprint density at radius 2 is 2.25 bits per heavy atom. The van der Waals surface area contributed by atoms with Crippen LogP contribution >= 0.6 is 0 Å². The molecule has 0 bridgehead atoms. The second-order valence-corrected chi connectivity index (χ2v) is 4.22. The van der Waals surface area contributed by atoms with Gasteiger partial charge in [-0.1, -0.05) is 0 Å². The van der Waals surface area contributed by atoms with E-state index in [1.54, 1.807) is 0 Å². The van der Waals surface area contributed by atoms with Crippen molar-refractivity contribution in [2.75, 3.05) is 6.54 Å². The number of aromatic nitrogens is 2. The van der Waals surface area contributed by atoms with Crippen molar-refractivity contribution in [3.63, 3.8) is 0 Å². The number of aromatic amines is 1. The lowest BCUT2D eigenvalue weighted by molar-refractivity contribution is -0.139. The van der Waals surface area contributed by atoms with E-state index >= 15 is 0 Å². The molecule has 0 aromatic carbocycles. The Bertz CT molecular complexity index is 363. The lowest BCUT2D eigenvalue weighted by Crippen LogP contribution is -2.17. The lowest BCUT2D eigenvalue weighted by Gasteiger charge is -2.07. The maximum atomic E-state index is 11.1. The summed E-state index contributed by atoms with van der Waals surface area (Å²) < 4.78 is 0. The van der Waals surface area contributed by atoms with E-state index in [0.717, 1.165) is 37.1 Å². The molecule has 4 N–H and O–H groups in total. The number of H-pyrrole nitrogens is 1. The van der Waals surface area contributed by atoms with Crippen molar-refractivity contribution in [3.05, 3.63) is 17.2 Å². The fourth-order valence-corrected chi connectivity index (χ4v) is 2.18. The predicted octanol–water partition coefficient (Wildman–Crippen LogP) is 0.805. The largest absolute Gasteiger partial charge is 0.481 e. The van der Waals surface area contributed by atoms with E-state index < -0.39 is 11.9 Å². The Morgan fingerprint density at radius 1 is 1.50 bits per heavy atom. The van der Waals surface area contributed by atoms with Crippen LogP contribution in [0.1, 0.15) is 42.4 Å². The van der Waals surface area contributed by atoms with Gasteiger partial charge in [0, 0.05) is 5.69 Å². The number of carbonyl (C=O) groups is 1. The fraction of sp³-hybridized carbons (Fsp3) is 0.636. The van der Waals surface area contributed by atoms with Crippen LogP contribution in [-0.4, -0.2) is 27.6 Å². The van der Waals surface area contributed by atoms with Gasteiger partial charge in [0.05, 0.1) is 5.69 Å². The van der Waals surface area contributed by atoms with Crippen LogP contribution in [0.15, 0.2) is 0 Å². The van der Waals surface area contributed by atoms with Crippen LogP contribution in [0, 0.1) is 0 Å².